The Balaban J connectivity index is 2.28. The van der Waals surface area contributed by atoms with Crippen LogP contribution in [0.3, 0.4) is 0 Å². The van der Waals surface area contributed by atoms with E-state index in [4.69, 9.17) is 0 Å². The van der Waals surface area contributed by atoms with Gasteiger partial charge in [0.25, 0.3) is 0 Å². The van der Waals surface area contributed by atoms with Gasteiger partial charge in [0.15, 0.2) is 0 Å². The molecule has 0 aliphatic carbocycles. The van der Waals surface area contributed by atoms with Crippen LogP contribution in [0.1, 0.15) is 5.56 Å². The van der Waals surface area contributed by atoms with E-state index >= 15 is 0 Å². The molecule has 1 aromatic heterocycles. The van der Waals surface area contributed by atoms with Crippen molar-refractivity contribution in [2.24, 2.45) is 0 Å². The van der Waals surface area contributed by atoms with Gasteiger partial charge in [-0.25, -0.2) is 14.4 Å². The van der Waals surface area contributed by atoms with E-state index in [1.807, 2.05) is 6.92 Å². The summed E-state index contributed by atoms with van der Waals surface area (Å²) in [6.45, 7) is 1.90. The second kappa shape index (κ2) is 4.04. The average Bonchev–Trinajstić information content (AvgIpc) is 2.25. The van der Waals surface area contributed by atoms with Gasteiger partial charge >= 0.3 is 0 Å². The monoisotopic (exact) mass is 203 g/mol. The van der Waals surface area contributed by atoms with Crippen LogP contribution in [-0.4, -0.2) is 9.97 Å². The molecule has 0 saturated carbocycles. The van der Waals surface area contributed by atoms with Crippen molar-refractivity contribution in [2.75, 3.05) is 5.32 Å². The summed E-state index contributed by atoms with van der Waals surface area (Å²) in [6.07, 6.45) is 3.20. The van der Waals surface area contributed by atoms with E-state index < -0.39 is 0 Å². The minimum atomic E-state index is -0.312. The lowest BCUT2D eigenvalue weighted by molar-refractivity contribution is 0.631. The number of hydrogen-bond acceptors (Lipinski definition) is 3. The first-order valence-electron chi connectivity index (χ1n) is 4.56. The van der Waals surface area contributed by atoms with Crippen molar-refractivity contribution in [3.63, 3.8) is 0 Å². The normalized spacial score (nSPS) is 10.0. The zero-order valence-corrected chi connectivity index (χ0v) is 8.24. The van der Waals surface area contributed by atoms with Crippen LogP contribution >= 0.6 is 0 Å². The van der Waals surface area contributed by atoms with Crippen molar-refractivity contribution < 1.29 is 4.39 Å². The molecule has 0 saturated heterocycles. The number of rotatable bonds is 2. The van der Waals surface area contributed by atoms with Crippen LogP contribution in [0.15, 0.2) is 36.7 Å². The summed E-state index contributed by atoms with van der Waals surface area (Å²) >= 11 is 0. The number of nitrogens with one attached hydrogen (secondary N) is 1. The molecule has 0 radical (unpaired) electrons. The Morgan fingerprint density at radius 3 is 2.67 bits per heavy atom. The van der Waals surface area contributed by atoms with Crippen molar-refractivity contribution in [1.29, 1.82) is 0 Å². The lowest BCUT2D eigenvalue weighted by atomic mass is 10.2. The van der Waals surface area contributed by atoms with E-state index in [1.54, 1.807) is 30.6 Å². The molecule has 15 heavy (non-hydrogen) atoms. The van der Waals surface area contributed by atoms with Crippen LogP contribution in [0.5, 0.6) is 0 Å². The molecule has 1 N–H and O–H groups in total. The molecule has 0 fully saturated rings. The molecule has 0 unspecified atom stereocenters. The first-order chi connectivity index (χ1) is 7.25. The van der Waals surface area contributed by atoms with Crippen LogP contribution in [0.25, 0.3) is 0 Å². The summed E-state index contributed by atoms with van der Waals surface area (Å²) in [5.41, 5.74) is 1.37. The van der Waals surface area contributed by atoms with Crippen LogP contribution in [-0.2, 0) is 0 Å². The molecule has 0 atom stereocenters. The highest BCUT2D eigenvalue weighted by molar-refractivity contribution is 5.54. The molecule has 2 aromatic rings. The van der Waals surface area contributed by atoms with Crippen molar-refractivity contribution in [3.05, 3.63) is 48.0 Å². The van der Waals surface area contributed by atoms with Gasteiger partial charge in [-0.1, -0.05) is 6.07 Å². The van der Waals surface area contributed by atoms with Crippen molar-refractivity contribution in [2.45, 2.75) is 6.92 Å². The highest BCUT2D eigenvalue weighted by Gasteiger charge is 2.03. The summed E-state index contributed by atoms with van der Waals surface area (Å²) in [5.74, 6) is 0.0788. The minimum Gasteiger partial charge on any atom is -0.322 e. The number of nitrogens with zero attached hydrogens (tertiary/aromatic N) is 2. The Hall–Kier alpha value is -1.97. The SMILES string of the molecule is Cc1ccc(F)c(Nc2ncccn2)c1. The Morgan fingerprint density at radius 1 is 1.20 bits per heavy atom. The van der Waals surface area contributed by atoms with Gasteiger partial charge in [0.1, 0.15) is 5.82 Å². The summed E-state index contributed by atoms with van der Waals surface area (Å²) < 4.78 is 13.3. The fraction of sp³-hybridized carbons (Fsp3) is 0.0909. The number of hydrogen-bond donors (Lipinski definition) is 1. The number of aryl methyl sites for hydroxylation is 1. The molecular weight excluding hydrogens is 193 g/mol. The number of halogens is 1. The minimum absolute atomic E-state index is 0.312. The van der Waals surface area contributed by atoms with E-state index in [9.17, 15) is 4.39 Å². The second-order valence-electron chi connectivity index (χ2n) is 3.18. The fourth-order valence-electron chi connectivity index (χ4n) is 1.22. The van der Waals surface area contributed by atoms with Crippen molar-refractivity contribution in [1.82, 2.24) is 9.97 Å². The summed E-state index contributed by atoms with van der Waals surface area (Å²) in [7, 11) is 0. The van der Waals surface area contributed by atoms with Crippen LogP contribution < -0.4 is 5.32 Å². The first kappa shape index (κ1) is 9.58. The van der Waals surface area contributed by atoms with Gasteiger partial charge in [-0.15, -0.1) is 0 Å². The molecule has 0 aliphatic heterocycles. The largest absolute Gasteiger partial charge is 0.322 e. The summed E-state index contributed by atoms with van der Waals surface area (Å²) in [6, 6.07) is 6.55. The number of aromatic nitrogens is 2. The first-order valence-corrected chi connectivity index (χ1v) is 4.56. The second-order valence-corrected chi connectivity index (χ2v) is 3.18. The molecule has 4 heteroatoms. The molecule has 1 heterocycles. The van der Waals surface area contributed by atoms with E-state index in [2.05, 4.69) is 15.3 Å². The third-order valence-corrected chi connectivity index (χ3v) is 1.93. The van der Waals surface area contributed by atoms with Gasteiger partial charge in [0.2, 0.25) is 5.95 Å². The predicted octanol–water partition coefficient (Wildman–Crippen LogP) is 2.67. The molecule has 3 nitrogen and oxygen atoms in total. The Kier molecular flexibility index (Phi) is 2.58. The van der Waals surface area contributed by atoms with Crippen molar-refractivity contribution >= 4 is 11.6 Å². The van der Waals surface area contributed by atoms with Crippen LogP contribution in [0.4, 0.5) is 16.0 Å². The molecule has 0 aliphatic rings. The van der Waals surface area contributed by atoms with Gasteiger partial charge in [0, 0.05) is 12.4 Å². The van der Waals surface area contributed by atoms with Crippen LogP contribution in [0.2, 0.25) is 0 Å². The number of benzene rings is 1. The Morgan fingerprint density at radius 2 is 1.93 bits per heavy atom. The third kappa shape index (κ3) is 2.28. The lowest BCUT2D eigenvalue weighted by Crippen LogP contribution is -1.98. The van der Waals surface area contributed by atoms with E-state index in [0.29, 0.717) is 11.6 Å². The van der Waals surface area contributed by atoms with Gasteiger partial charge in [0.05, 0.1) is 5.69 Å². The lowest BCUT2D eigenvalue weighted by Gasteiger charge is -2.05. The molecular formula is C11H10FN3. The average molecular weight is 203 g/mol. The highest BCUT2D eigenvalue weighted by atomic mass is 19.1. The van der Waals surface area contributed by atoms with E-state index in [-0.39, 0.29) is 5.82 Å². The summed E-state index contributed by atoms with van der Waals surface area (Å²) in [5, 5.41) is 2.82. The molecule has 76 valence electrons. The Labute approximate surface area is 87.0 Å². The smallest absolute Gasteiger partial charge is 0.227 e. The maximum Gasteiger partial charge on any atom is 0.227 e. The third-order valence-electron chi connectivity index (χ3n) is 1.93. The molecule has 2 rings (SSSR count). The van der Waals surface area contributed by atoms with Gasteiger partial charge in [-0.05, 0) is 30.7 Å². The molecule has 0 bridgehead atoms. The predicted molar refractivity (Wildman–Crippen MR) is 56.5 cm³/mol. The number of anilines is 2. The maximum absolute atomic E-state index is 13.3. The topological polar surface area (TPSA) is 37.8 Å². The zero-order chi connectivity index (χ0) is 10.7. The maximum atomic E-state index is 13.3. The molecule has 0 amide bonds. The van der Waals surface area contributed by atoms with Crippen LogP contribution in [0, 0.1) is 12.7 Å². The quantitative estimate of drug-likeness (QED) is 0.815. The zero-order valence-electron chi connectivity index (χ0n) is 8.24. The fourth-order valence-corrected chi connectivity index (χ4v) is 1.22. The summed E-state index contributed by atoms with van der Waals surface area (Å²) in [4.78, 5) is 7.91. The molecule has 0 spiro atoms. The Bertz CT molecular complexity index is 457. The highest BCUT2D eigenvalue weighted by Crippen LogP contribution is 2.18. The van der Waals surface area contributed by atoms with Crippen molar-refractivity contribution in [3.8, 4) is 0 Å². The van der Waals surface area contributed by atoms with Gasteiger partial charge in [-0.3, -0.25) is 0 Å². The van der Waals surface area contributed by atoms with E-state index in [0.717, 1.165) is 5.56 Å². The van der Waals surface area contributed by atoms with Gasteiger partial charge in [-0.2, -0.15) is 0 Å². The molecule has 1 aromatic carbocycles. The van der Waals surface area contributed by atoms with Gasteiger partial charge < -0.3 is 5.32 Å². The standard InChI is InChI=1S/C11H10FN3/c1-8-3-4-9(12)10(7-8)15-11-13-5-2-6-14-11/h2-7H,1H3,(H,13,14,15). The van der Waals surface area contributed by atoms with E-state index in [1.165, 1.54) is 6.07 Å².